The molecule has 74 valence electrons. The maximum Gasteiger partial charge on any atom is 0.248 e. The molecule has 1 fully saturated rings. The zero-order chi connectivity index (χ0) is 9.95. The third kappa shape index (κ3) is 2.38. The zero-order valence-electron chi connectivity index (χ0n) is 7.74. The normalized spacial score (nSPS) is 25.1. The number of nitrogens with one attached hydrogen (secondary N) is 1. The van der Waals surface area contributed by atoms with Crippen molar-refractivity contribution in [1.29, 1.82) is 5.26 Å². The standard InChI is InChI=1S/C9H14F2N2/c1-2-13-8(7-12)3-5-9(10,11)6-4-8/h13H,2-6H2,1H3. The van der Waals surface area contributed by atoms with Gasteiger partial charge >= 0.3 is 0 Å². The molecule has 0 saturated heterocycles. The molecular weight excluding hydrogens is 174 g/mol. The Balaban J connectivity index is 2.59. The van der Waals surface area contributed by atoms with Crippen molar-refractivity contribution in [2.45, 2.75) is 44.1 Å². The first-order valence-corrected chi connectivity index (χ1v) is 4.58. The summed E-state index contributed by atoms with van der Waals surface area (Å²) in [5, 5.41) is 11.9. The van der Waals surface area contributed by atoms with E-state index in [1.165, 1.54) is 0 Å². The van der Waals surface area contributed by atoms with Gasteiger partial charge in [-0.3, -0.25) is 5.32 Å². The molecule has 1 aliphatic rings. The highest BCUT2D eigenvalue weighted by Gasteiger charge is 2.43. The third-order valence-corrected chi connectivity index (χ3v) is 2.56. The van der Waals surface area contributed by atoms with Crippen molar-refractivity contribution in [1.82, 2.24) is 5.32 Å². The molecule has 1 saturated carbocycles. The molecule has 13 heavy (non-hydrogen) atoms. The van der Waals surface area contributed by atoms with Crippen LogP contribution in [0.1, 0.15) is 32.6 Å². The van der Waals surface area contributed by atoms with Crippen molar-refractivity contribution in [3.63, 3.8) is 0 Å². The minimum absolute atomic E-state index is 0.173. The smallest absolute Gasteiger partial charge is 0.248 e. The van der Waals surface area contributed by atoms with E-state index < -0.39 is 11.5 Å². The number of hydrogen-bond donors (Lipinski definition) is 1. The van der Waals surface area contributed by atoms with Crippen LogP contribution in [0.3, 0.4) is 0 Å². The highest BCUT2D eigenvalue weighted by atomic mass is 19.3. The largest absolute Gasteiger partial charge is 0.300 e. The first kappa shape index (κ1) is 10.4. The molecule has 0 heterocycles. The van der Waals surface area contributed by atoms with Crippen LogP contribution in [-0.4, -0.2) is 18.0 Å². The molecule has 0 aromatic heterocycles. The quantitative estimate of drug-likeness (QED) is 0.720. The summed E-state index contributed by atoms with van der Waals surface area (Å²) >= 11 is 0. The summed E-state index contributed by atoms with van der Waals surface area (Å²) in [6, 6.07) is 2.11. The highest BCUT2D eigenvalue weighted by Crippen LogP contribution is 2.37. The fourth-order valence-electron chi connectivity index (χ4n) is 1.71. The summed E-state index contributed by atoms with van der Waals surface area (Å²) < 4.78 is 25.6. The first-order valence-electron chi connectivity index (χ1n) is 4.58. The van der Waals surface area contributed by atoms with Gasteiger partial charge in [0.1, 0.15) is 5.54 Å². The Bertz CT molecular complexity index is 210. The lowest BCUT2D eigenvalue weighted by molar-refractivity contribution is -0.0480. The van der Waals surface area contributed by atoms with Gasteiger partial charge in [0.2, 0.25) is 5.92 Å². The van der Waals surface area contributed by atoms with E-state index in [-0.39, 0.29) is 25.7 Å². The second kappa shape index (κ2) is 3.59. The SMILES string of the molecule is CCNC1(C#N)CCC(F)(F)CC1. The lowest BCUT2D eigenvalue weighted by Crippen LogP contribution is -2.48. The molecule has 4 heteroatoms. The molecular formula is C9H14F2N2. The number of rotatable bonds is 2. The third-order valence-electron chi connectivity index (χ3n) is 2.56. The molecule has 1 rings (SSSR count). The Hall–Kier alpha value is -0.690. The average molecular weight is 188 g/mol. The molecule has 0 bridgehead atoms. The van der Waals surface area contributed by atoms with E-state index in [0.29, 0.717) is 6.54 Å². The van der Waals surface area contributed by atoms with Gasteiger partial charge in [0.25, 0.3) is 0 Å². The number of nitrogens with zero attached hydrogens (tertiary/aromatic N) is 1. The predicted molar refractivity (Wildman–Crippen MR) is 45.4 cm³/mol. The van der Waals surface area contributed by atoms with Crippen molar-refractivity contribution in [3.05, 3.63) is 0 Å². The first-order chi connectivity index (χ1) is 6.04. The van der Waals surface area contributed by atoms with E-state index in [9.17, 15) is 8.78 Å². The molecule has 0 aromatic rings. The molecule has 0 aliphatic heterocycles. The molecule has 2 nitrogen and oxygen atoms in total. The van der Waals surface area contributed by atoms with Crippen LogP contribution in [0.2, 0.25) is 0 Å². The van der Waals surface area contributed by atoms with Crippen LogP contribution in [0.15, 0.2) is 0 Å². The van der Waals surface area contributed by atoms with E-state index in [1.807, 2.05) is 6.92 Å². The lowest BCUT2D eigenvalue weighted by atomic mass is 9.81. The van der Waals surface area contributed by atoms with E-state index in [2.05, 4.69) is 11.4 Å². The van der Waals surface area contributed by atoms with Gasteiger partial charge in [-0.2, -0.15) is 5.26 Å². The highest BCUT2D eigenvalue weighted by molar-refractivity contribution is 5.10. The summed E-state index contributed by atoms with van der Waals surface area (Å²) in [5.41, 5.74) is -0.698. The van der Waals surface area contributed by atoms with Gasteiger partial charge < -0.3 is 0 Å². The zero-order valence-corrected chi connectivity index (χ0v) is 7.74. The fourth-order valence-corrected chi connectivity index (χ4v) is 1.71. The predicted octanol–water partition coefficient (Wildman–Crippen LogP) is 2.07. The van der Waals surface area contributed by atoms with Crippen LogP contribution >= 0.6 is 0 Å². The lowest BCUT2D eigenvalue weighted by Gasteiger charge is -2.35. The van der Waals surface area contributed by atoms with Crippen molar-refractivity contribution < 1.29 is 8.78 Å². The Morgan fingerprint density at radius 1 is 1.31 bits per heavy atom. The second-order valence-electron chi connectivity index (χ2n) is 3.58. The van der Waals surface area contributed by atoms with Crippen molar-refractivity contribution in [3.8, 4) is 6.07 Å². The molecule has 0 aromatic carbocycles. The minimum atomic E-state index is -2.56. The summed E-state index contributed by atoms with van der Waals surface area (Å²) in [6.07, 6.45) is 0.163. The van der Waals surface area contributed by atoms with Crippen LogP contribution in [0.5, 0.6) is 0 Å². The Morgan fingerprint density at radius 2 is 1.85 bits per heavy atom. The summed E-state index contributed by atoms with van der Waals surface area (Å²) in [5.74, 6) is -2.56. The molecule has 0 amide bonds. The number of alkyl halides is 2. The van der Waals surface area contributed by atoms with Crippen LogP contribution in [0.4, 0.5) is 8.78 Å². The van der Waals surface area contributed by atoms with Crippen molar-refractivity contribution in [2.75, 3.05) is 6.54 Å². The minimum Gasteiger partial charge on any atom is -0.300 e. The van der Waals surface area contributed by atoms with E-state index in [0.717, 1.165) is 0 Å². The second-order valence-corrected chi connectivity index (χ2v) is 3.58. The molecule has 0 radical (unpaired) electrons. The fraction of sp³-hybridized carbons (Fsp3) is 0.889. The van der Waals surface area contributed by atoms with Crippen LogP contribution in [-0.2, 0) is 0 Å². The number of nitriles is 1. The van der Waals surface area contributed by atoms with E-state index in [1.54, 1.807) is 0 Å². The van der Waals surface area contributed by atoms with Gasteiger partial charge in [0.15, 0.2) is 0 Å². The van der Waals surface area contributed by atoms with Gasteiger partial charge in [-0.15, -0.1) is 0 Å². The molecule has 1 N–H and O–H groups in total. The summed E-state index contributed by atoms with van der Waals surface area (Å²) in [6.45, 7) is 2.53. The van der Waals surface area contributed by atoms with Crippen molar-refractivity contribution >= 4 is 0 Å². The van der Waals surface area contributed by atoms with Gasteiger partial charge in [0.05, 0.1) is 6.07 Å². The van der Waals surface area contributed by atoms with Gasteiger partial charge in [-0.1, -0.05) is 6.92 Å². The van der Waals surface area contributed by atoms with Gasteiger partial charge in [0, 0.05) is 12.8 Å². The Kier molecular flexibility index (Phi) is 2.87. The Morgan fingerprint density at radius 3 is 2.23 bits per heavy atom. The maximum atomic E-state index is 12.8. The Labute approximate surface area is 76.9 Å². The van der Waals surface area contributed by atoms with Crippen LogP contribution < -0.4 is 5.32 Å². The molecule has 1 aliphatic carbocycles. The van der Waals surface area contributed by atoms with E-state index >= 15 is 0 Å². The number of halogens is 2. The molecule has 0 atom stereocenters. The van der Waals surface area contributed by atoms with Crippen LogP contribution in [0.25, 0.3) is 0 Å². The van der Waals surface area contributed by atoms with Crippen molar-refractivity contribution in [2.24, 2.45) is 0 Å². The van der Waals surface area contributed by atoms with Gasteiger partial charge in [-0.25, -0.2) is 8.78 Å². The topological polar surface area (TPSA) is 35.8 Å². The summed E-state index contributed by atoms with van der Waals surface area (Å²) in [4.78, 5) is 0. The van der Waals surface area contributed by atoms with Gasteiger partial charge in [-0.05, 0) is 19.4 Å². The number of hydrogen-bond acceptors (Lipinski definition) is 2. The van der Waals surface area contributed by atoms with E-state index in [4.69, 9.17) is 5.26 Å². The monoisotopic (exact) mass is 188 g/mol. The molecule has 0 unspecified atom stereocenters. The summed E-state index contributed by atoms with van der Waals surface area (Å²) in [7, 11) is 0. The molecule has 0 spiro atoms. The average Bonchev–Trinajstić information content (AvgIpc) is 2.10. The van der Waals surface area contributed by atoms with Crippen LogP contribution in [0, 0.1) is 11.3 Å². The maximum absolute atomic E-state index is 12.8.